The monoisotopic (exact) mass is 495 g/mol. The molecule has 7 nitrogen and oxygen atoms in total. The molecule has 3 rings (SSSR count). The number of para-hydroxylation sites is 1. The quantitative estimate of drug-likeness (QED) is 0.522. The van der Waals surface area contributed by atoms with Gasteiger partial charge < -0.3 is 15.0 Å². The van der Waals surface area contributed by atoms with Crippen molar-refractivity contribution in [3.8, 4) is 0 Å². The minimum Gasteiger partial charge on any atom is -0.383 e. The standard InChI is InChI=1S/C21H26BrN3O4S/c1-29-12-10-24-30(27,28)18-7-8-20(22)19(13-18)21(26)23-14-16-9-11-25(15-16)17-5-3-2-4-6-17/h2-8,13,16,24H,9-12,14-15H2,1H3,(H,23,26). The molecule has 0 bridgehead atoms. The van der Waals surface area contributed by atoms with E-state index in [-0.39, 0.29) is 24.0 Å². The van der Waals surface area contributed by atoms with Gasteiger partial charge in [0.05, 0.1) is 17.1 Å². The van der Waals surface area contributed by atoms with Crippen LogP contribution in [0.2, 0.25) is 0 Å². The number of anilines is 1. The lowest BCUT2D eigenvalue weighted by Crippen LogP contribution is -2.31. The zero-order chi connectivity index (χ0) is 21.6. The Kier molecular flexibility index (Phi) is 7.87. The highest BCUT2D eigenvalue weighted by atomic mass is 79.9. The summed E-state index contributed by atoms with van der Waals surface area (Å²) in [6.07, 6.45) is 0.994. The van der Waals surface area contributed by atoms with Crippen LogP contribution >= 0.6 is 15.9 Å². The maximum Gasteiger partial charge on any atom is 0.252 e. The number of ether oxygens (including phenoxy) is 1. The first-order chi connectivity index (χ1) is 14.4. The lowest BCUT2D eigenvalue weighted by molar-refractivity contribution is 0.0947. The van der Waals surface area contributed by atoms with Crippen LogP contribution in [0.5, 0.6) is 0 Å². The molecule has 1 aliphatic heterocycles. The van der Waals surface area contributed by atoms with Crippen LogP contribution in [0.1, 0.15) is 16.8 Å². The first-order valence-corrected chi connectivity index (χ1v) is 12.0. The number of rotatable bonds is 9. The molecule has 0 aromatic heterocycles. The number of carbonyl (C=O) groups excluding carboxylic acids is 1. The van der Waals surface area contributed by atoms with Crippen molar-refractivity contribution in [1.29, 1.82) is 0 Å². The summed E-state index contributed by atoms with van der Waals surface area (Å²) in [7, 11) is -2.21. The number of hydrogen-bond donors (Lipinski definition) is 2. The molecule has 1 atom stereocenters. The Hall–Kier alpha value is -1.94. The summed E-state index contributed by atoms with van der Waals surface area (Å²) in [5.74, 6) is 0.0459. The molecule has 1 aliphatic rings. The molecule has 1 amide bonds. The van der Waals surface area contributed by atoms with Crippen LogP contribution in [-0.2, 0) is 14.8 Å². The van der Waals surface area contributed by atoms with E-state index in [1.165, 1.54) is 24.9 Å². The highest BCUT2D eigenvalue weighted by molar-refractivity contribution is 9.10. The van der Waals surface area contributed by atoms with Gasteiger partial charge in [-0.1, -0.05) is 18.2 Å². The van der Waals surface area contributed by atoms with Gasteiger partial charge in [-0.15, -0.1) is 0 Å². The predicted molar refractivity (Wildman–Crippen MR) is 120 cm³/mol. The molecular weight excluding hydrogens is 470 g/mol. The molecule has 162 valence electrons. The van der Waals surface area contributed by atoms with Crippen molar-refractivity contribution in [2.45, 2.75) is 11.3 Å². The fourth-order valence-corrected chi connectivity index (χ4v) is 4.88. The topological polar surface area (TPSA) is 87.7 Å². The Morgan fingerprint density at radius 1 is 1.23 bits per heavy atom. The zero-order valence-electron chi connectivity index (χ0n) is 16.8. The van der Waals surface area contributed by atoms with Crippen LogP contribution in [0.15, 0.2) is 57.9 Å². The van der Waals surface area contributed by atoms with Crippen LogP contribution in [0.25, 0.3) is 0 Å². The number of sulfonamides is 1. The van der Waals surface area contributed by atoms with Gasteiger partial charge in [0.15, 0.2) is 0 Å². The Labute approximate surface area is 186 Å². The molecule has 2 aromatic rings. The van der Waals surface area contributed by atoms with Crippen molar-refractivity contribution in [1.82, 2.24) is 10.0 Å². The maximum absolute atomic E-state index is 12.7. The summed E-state index contributed by atoms with van der Waals surface area (Å²) >= 11 is 3.35. The summed E-state index contributed by atoms with van der Waals surface area (Å²) in [5, 5.41) is 2.95. The number of hydrogen-bond acceptors (Lipinski definition) is 5. The number of nitrogens with one attached hydrogen (secondary N) is 2. The zero-order valence-corrected chi connectivity index (χ0v) is 19.2. The van der Waals surface area contributed by atoms with Gasteiger partial charge in [-0.3, -0.25) is 4.79 Å². The van der Waals surface area contributed by atoms with E-state index in [1.54, 1.807) is 6.07 Å². The lowest BCUT2D eigenvalue weighted by Gasteiger charge is -2.18. The summed E-state index contributed by atoms with van der Waals surface area (Å²) in [5.41, 5.74) is 1.48. The van der Waals surface area contributed by atoms with Crippen molar-refractivity contribution in [2.24, 2.45) is 5.92 Å². The van der Waals surface area contributed by atoms with E-state index in [1.807, 2.05) is 18.2 Å². The number of halogens is 1. The minimum absolute atomic E-state index is 0.0445. The molecule has 30 heavy (non-hydrogen) atoms. The van der Waals surface area contributed by atoms with E-state index in [4.69, 9.17) is 4.74 Å². The highest BCUT2D eigenvalue weighted by Gasteiger charge is 2.24. The molecule has 1 heterocycles. The molecule has 0 spiro atoms. The SMILES string of the molecule is COCCNS(=O)(=O)c1ccc(Br)c(C(=O)NCC2CCN(c3ccccc3)C2)c1. The number of methoxy groups -OCH3 is 1. The van der Waals surface area contributed by atoms with Crippen molar-refractivity contribution >= 4 is 37.5 Å². The largest absolute Gasteiger partial charge is 0.383 e. The second-order valence-electron chi connectivity index (χ2n) is 7.18. The van der Waals surface area contributed by atoms with Crippen LogP contribution in [-0.4, -0.2) is 54.2 Å². The van der Waals surface area contributed by atoms with Gasteiger partial charge in [0.25, 0.3) is 5.91 Å². The smallest absolute Gasteiger partial charge is 0.252 e. The summed E-state index contributed by atoms with van der Waals surface area (Å²) in [6.45, 7) is 2.80. The molecule has 0 saturated carbocycles. The van der Waals surface area contributed by atoms with Gasteiger partial charge in [0.2, 0.25) is 10.0 Å². The van der Waals surface area contributed by atoms with Crippen molar-refractivity contribution in [3.63, 3.8) is 0 Å². The average molecular weight is 496 g/mol. The Bertz CT molecular complexity index is 969. The summed E-state index contributed by atoms with van der Waals surface area (Å²) in [6, 6.07) is 14.6. The van der Waals surface area contributed by atoms with Crippen LogP contribution in [0.4, 0.5) is 5.69 Å². The fourth-order valence-electron chi connectivity index (χ4n) is 3.41. The van der Waals surface area contributed by atoms with Crippen molar-refractivity contribution in [2.75, 3.05) is 44.8 Å². The van der Waals surface area contributed by atoms with E-state index in [0.29, 0.717) is 22.5 Å². The van der Waals surface area contributed by atoms with Crippen molar-refractivity contribution < 1.29 is 17.9 Å². The summed E-state index contributed by atoms with van der Waals surface area (Å²) < 4.78 is 32.7. The van der Waals surface area contributed by atoms with Gasteiger partial charge in [-0.05, 0) is 58.6 Å². The normalized spacial score (nSPS) is 16.6. The van der Waals surface area contributed by atoms with Crippen LogP contribution < -0.4 is 14.9 Å². The fraction of sp³-hybridized carbons (Fsp3) is 0.381. The third-order valence-electron chi connectivity index (χ3n) is 5.05. The number of nitrogens with zero attached hydrogens (tertiary/aromatic N) is 1. The molecular formula is C21H26BrN3O4S. The number of benzene rings is 2. The Morgan fingerprint density at radius 3 is 2.73 bits per heavy atom. The first kappa shape index (κ1) is 22.7. The molecule has 1 unspecified atom stereocenters. The second kappa shape index (κ2) is 10.4. The molecule has 1 saturated heterocycles. The summed E-state index contributed by atoms with van der Waals surface area (Å²) in [4.78, 5) is 15.1. The third-order valence-corrected chi connectivity index (χ3v) is 7.20. The molecule has 2 aromatic carbocycles. The molecule has 1 fully saturated rings. The predicted octanol–water partition coefficient (Wildman–Crippen LogP) is 2.63. The second-order valence-corrected chi connectivity index (χ2v) is 9.80. The Morgan fingerprint density at radius 2 is 2.00 bits per heavy atom. The third kappa shape index (κ3) is 5.81. The first-order valence-electron chi connectivity index (χ1n) is 9.77. The van der Waals surface area contributed by atoms with E-state index in [2.05, 4.69) is 43.0 Å². The van der Waals surface area contributed by atoms with E-state index >= 15 is 0 Å². The highest BCUT2D eigenvalue weighted by Crippen LogP contribution is 2.24. The molecule has 0 aliphatic carbocycles. The maximum atomic E-state index is 12.7. The van der Waals surface area contributed by atoms with E-state index in [0.717, 1.165) is 19.5 Å². The van der Waals surface area contributed by atoms with E-state index in [9.17, 15) is 13.2 Å². The van der Waals surface area contributed by atoms with Crippen LogP contribution in [0, 0.1) is 5.92 Å². The number of amides is 1. The van der Waals surface area contributed by atoms with Gasteiger partial charge >= 0.3 is 0 Å². The molecule has 0 radical (unpaired) electrons. The van der Waals surface area contributed by atoms with E-state index < -0.39 is 10.0 Å². The van der Waals surface area contributed by atoms with Gasteiger partial charge in [-0.25, -0.2) is 13.1 Å². The minimum atomic E-state index is -3.71. The van der Waals surface area contributed by atoms with Crippen molar-refractivity contribution in [3.05, 3.63) is 58.6 Å². The average Bonchev–Trinajstić information content (AvgIpc) is 3.22. The van der Waals surface area contributed by atoms with Gasteiger partial charge in [-0.2, -0.15) is 0 Å². The molecule has 9 heteroatoms. The number of carbonyl (C=O) groups is 1. The lowest BCUT2D eigenvalue weighted by atomic mass is 10.1. The Balaban J connectivity index is 1.60. The van der Waals surface area contributed by atoms with Gasteiger partial charge in [0.1, 0.15) is 0 Å². The van der Waals surface area contributed by atoms with Gasteiger partial charge in [0, 0.05) is 43.4 Å². The molecule has 2 N–H and O–H groups in total. The van der Waals surface area contributed by atoms with Crippen LogP contribution in [0.3, 0.4) is 0 Å².